The number of rotatable bonds is 2. The van der Waals surface area contributed by atoms with Crippen LogP contribution in [0, 0.1) is 0 Å². The second-order valence-electron chi connectivity index (χ2n) is 3.94. The topological polar surface area (TPSA) is 38.9 Å². The molecule has 1 aromatic heterocycles. The number of halogens is 4. The first-order valence-corrected chi connectivity index (χ1v) is 6.23. The Hall–Kier alpha value is -1.40. The summed E-state index contributed by atoms with van der Waals surface area (Å²) < 4.78 is 38.9. The van der Waals surface area contributed by atoms with Crippen molar-refractivity contribution in [2.75, 3.05) is 0 Å². The lowest BCUT2D eigenvalue weighted by molar-refractivity contribution is -0.137. The van der Waals surface area contributed by atoms with E-state index in [1.807, 2.05) is 0 Å². The Kier molecular flexibility index (Phi) is 3.91. The molecule has 0 radical (unpaired) electrons. The maximum absolute atomic E-state index is 12.7. The van der Waals surface area contributed by atoms with Crippen LogP contribution >= 0.6 is 15.9 Å². The first-order chi connectivity index (χ1) is 8.91. The monoisotopic (exact) mass is 330 g/mol. The van der Waals surface area contributed by atoms with E-state index in [0.717, 1.165) is 16.6 Å². The van der Waals surface area contributed by atoms with Crippen molar-refractivity contribution in [2.45, 2.75) is 12.7 Å². The lowest BCUT2D eigenvalue weighted by atomic mass is 10.0. The van der Waals surface area contributed by atoms with Crippen LogP contribution in [0.3, 0.4) is 0 Å². The molecule has 2 N–H and O–H groups in total. The predicted molar refractivity (Wildman–Crippen MR) is 70.3 cm³/mol. The summed E-state index contributed by atoms with van der Waals surface area (Å²) >= 11 is 3.23. The third-order valence-corrected chi connectivity index (χ3v) is 3.13. The van der Waals surface area contributed by atoms with Gasteiger partial charge in [-0.05, 0) is 45.8 Å². The molecule has 0 spiro atoms. The van der Waals surface area contributed by atoms with Gasteiger partial charge in [0.25, 0.3) is 0 Å². The summed E-state index contributed by atoms with van der Waals surface area (Å²) in [6, 6.07) is 6.88. The van der Waals surface area contributed by atoms with Crippen molar-refractivity contribution >= 4 is 15.9 Å². The van der Waals surface area contributed by atoms with Gasteiger partial charge >= 0.3 is 6.18 Å². The highest BCUT2D eigenvalue weighted by atomic mass is 79.9. The molecule has 1 aromatic carbocycles. The molecule has 0 aliphatic rings. The van der Waals surface area contributed by atoms with Crippen LogP contribution in [0.4, 0.5) is 13.2 Å². The molecule has 0 saturated heterocycles. The van der Waals surface area contributed by atoms with Gasteiger partial charge in [-0.25, -0.2) is 0 Å². The Labute approximate surface area is 116 Å². The standard InChI is InChI=1S/C13H10BrF3N2/c14-10-3-4-12(19-7-10)11-5-9(13(15,16)17)2-1-8(11)6-18/h1-5,7H,6,18H2. The van der Waals surface area contributed by atoms with Crippen molar-refractivity contribution in [3.05, 3.63) is 52.1 Å². The molecule has 0 fully saturated rings. The van der Waals surface area contributed by atoms with Crippen molar-refractivity contribution in [3.63, 3.8) is 0 Å². The number of nitrogens with zero attached hydrogens (tertiary/aromatic N) is 1. The Morgan fingerprint density at radius 3 is 2.42 bits per heavy atom. The third kappa shape index (κ3) is 3.13. The maximum Gasteiger partial charge on any atom is 0.416 e. The molecule has 0 amide bonds. The molecular formula is C13H10BrF3N2. The van der Waals surface area contributed by atoms with Gasteiger partial charge in [-0.15, -0.1) is 0 Å². The number of aromatic nitrogens is 1. The van der Waals surface area contributed by atoms with E-state index in [4.69, 9.17) is 5.73 Å². The summed E-state index contributed by atoms with van der Waals surface area (Å²) in [6.07, 6.45) is -2.84. The van der Waals surface area contributed by atoms with Gasteiger partial charge in [-0.1, -0.05) is 6.07 Å². The van der Waals surface area contributed by atoms with Crippen LogP contribution < -0.4 is 5.73 Å². The van der Waals surface area contributed by atoms with Gasteiger partial charge in [-0.2, -0.15) is 13.2 Å². The van der Waals surface area contributed by atoms with E-state index in [2.05, 4.69) is 20.9 Å². The first kappa shape index (κ1) is 14.0. The van der Waals surface area contributed by atoms with Gasteiger partial charge in [0.2, 0.25) is 0 Å². The molecule has 0 unspecified atom stereocenters. The molecule has 0 aliphatic carbocycles. The van der Waals surface area contributed by atoms with E-state index in [-0.39, 0.29) is 6.54 Å². The molecule has 0 aliphatic heterocycles. The number of alkyl halides is 3. The highest BCUT2D eigenvalue weighted by Gasteiger charge is 2.31. The fourth-order valence-electron chi connectivity index (χ4n) is 1.70. The van der Waals surface area contributed by atoms with E-state index in [1.165, 1.54) is 12.3 Å². The zero-order chi connectivity index (χ0) is 14.0. The number of pyridine rings is 1. The van der Waals surface area contributed by atoms with Gasteiger partial charge in [0.05, 0.1) is 11.3 Å². The second-order valence-corrected chi connectivity index (χ2v) is 4.85. The Bertz CT molecular complexity index is 579. The van der Waals surface area contributed by atoms with Crippen LogP contribution in [0.5, 0.6) is 0 Å². The van der Waals surface area contributed by atoms with Gasteiger partial charge < -0.3 is 5.73 Å². The molecule has 2 aromatic rings. The van der Waals surface area contributed by atoms with Crippen molar-refractivity contribution in [1.82, 2.24) is 4.98 Å². The minimum atomic E-state index is -4.38. The number of hydrogen-bond donors (Lipinski definition) is 1. The molecule has 6 heteroatoms. The quantitative estimate of drug-likeness (QED) is 0.904. The fourth-order valence-corrected chi connectivity index (χ4v) is 1.94. The smallest absolute Gasteiger partial charge is 0.326 e. The molecule has 2 nitrogen and oxygen atoms in total. The highest BCUT2D eigenvalue weighted by molar-refractivity contribution is 9.10. The van der Waals surface area contributed by atoms with Gasteiger partial charge in [0.1, 0.15) is 0 Å². The van der Waals surface area contributed by atoms with Crippen molar-refractivity contribution in [2.24, 2.45) is 5.73 Å². The summed E-state index contributed by atoms with van der Waals surface area (Å²) in [5.74, 6) is 0. The summed E-state index contributed by atoms with van der Waals surface area (Å²) in [7, 11) is 0. The van der Waals surface area contributed by atoms with Crippen molar-refractivity contribution in [3.8, 4) is 11.3 Å². The normalized spacial score (nSPS) is 11.6. The number of nitrogens with two attached hydrogens (primary N) is 1. The average Bonchev–Trinajstić information content (AvgIpc) is 2.38. The maximum atomic E-state index is 12.7. The van der Waals surface area contributed by atoms with Crippen LogP contribution in [0.25, 0.3) is 11.3 Å². The van der Waals surface area contributed by atoms with E-state index in [9.17, 15) is 13.2 Å². The van der Waals surface area contributed by atoms with Crippen LogP contribution in [-0.4, -0.2) is 4.98 Å². The molecular weight excluding hydrogens is 321 g/mol. The van der Waals surface area contributed by atoms with E-state index < -0.39 is 11.7 Å². The Morgan fingerprint density at radius 1 is 1.16 bits per heavy atom. The number of hydrogen-bond acceptors (Lipinski definition) is 2. The molecule has 19 heavy (non-hydrogen) atoms. The Balaban J connectivity index is 2.56. The van der Waals surface area contributed by atoms with Crippen LogP contribution in [0.15, 0.2) is 41.0 Å². The van der Waals surface area contributed by atoms with Crippen LogP contribution in [0.2, 0.25) is 0 Å². The zero-order valence-electron chi connectivity index (χ0n) is 9.71. The third-order valence-electron chi connectivity index (χ3n) is 2.66. The lowest BCUT2D eigenvalue weighted by Crippen LogP contribution is -2.07. The minimum absolute atomic E-state index is 0.158. The van der Waals surface area contributed by atoms with Crippen LogP contribution in [-0.2, 0) is 12.7 Å². The van der Waals surface area contributed by atoms with E-state index in [0.29, 0.717) is 16.8 Å². The second kappa shape index (κ2) is 5.30. The summed E-state index contributed by atoms with van der Waals surface area (Å²) in [4.78, 5) is 4.11. The largest absolute Gasteiger partial charge is 0.416 e. The molecule has 0 atom stereocenters. The molecule has 0 bridgehead atoms. The summed E-state index contributed by atoms with van der Waals surface area (Å²) in [6.45, 7) is 0.158. The average molecular weight is 331 g/mol. The van der Waals surface area contributed by atoms with E-state index >= 15 is 0 Å². The lowest BCUT2D eigenvalue weighted by Gasteiger charge is -2.12. The molecule has 2 rings (SSSR count). The van der Waals surface area contributed by atoms with Crippen molar-refractivity contribution < 1.29 is 13.2 Å². The minimum Gasteiger partial charge on any atom is -0.326 e. The predicted octanol–water partition coefficient (Wildman–Crippen LogP) is 3.99. The molecule has 100 valence electrons. The fraction of sp³-hybridized carbons (Fsp3) is 0.154. The molecule has 0 saturated carbocycles. The number of benzene rings is 1. The SMILES string of the molecule is NCc1ccc(C(F)(F)F)cc1-c1ccc(Br)cn1. The highest BCUT2D eigenvalue weighted by Crippen LogP contribution is 2.33. The van der Waals surface area contributed by atoms with Gasteiger partial charge in [-0.3, -0.25) is 4.98 Å². The van der Waals surface area contributed by atoms with Gasteiger partial charge in [0, 0.05) is 22.8 Å². The Morgan fingerprint density at radius 2 is 1.89 bits per heavy atom. The zero-order valence-corrected chi connectivity index (χ0v) is 11.3. The van der Waals surface area contributed by atoms with Crippen LogP contribution in [0.1, 0.15) is 11.1 Å². The van der Waals surface area contributed by atoms with Crippen molar-refractivity contribution in [1.29, 1.82) is 0 Å². The summed E-state index contributed by atoms with van der Waals surface area (Å²) in [5, 5.41) is 0. The van der Waals surface area contributed by atoms with Gasteiger partial charge in [0.15, 0.2) is 0 Å². The molecule has 1 heterocycles. The van der Waals surface area contributed by atoms with E-state index in [1.54, 1.807) is 12.1 Å². The summed E-state index contributed by atoms with van der Waals surface area (Å²) in [5.41, 5.74) is 6.36. The first-order valence-electron chi connectivity index (χ1n) is 5.44.